The minimum Gasteiger partial charge on any atom is -0.489 e. The van der Waals surface area contributed by atoms with E-state index in [-0.39, 0.29) is 24.8 Å². The zero-order valence-electron chi connectivity index (χ0n) is 23.8. The predicted molar refractivity (Wildman–Crippen MR) is 153 cm³/mol. The van der Waals surface area contributed by atoms with Crippen LogP contribution < -0.4 is 10.1 Å². The van der Waals surface area contributed by atoms with Crippen LogP contribution >= 0.6 is 0 Å². The molecule has 0 saturated heterocycles. The minimum absolute atomic E-state index is 0.0468. The Morgan fingerprint density at radius 3 is 2.13 bits per heavy atom. The average Bonchev–Trinajstić information content (AvgIpc) is 2.83. The molecule has 3 aromatic rings. The highest BCUT2D eigenvalue weighted by molar-refractivity contribution is 5.96. The molecule has 202 valence electrons. The van der Waals surface area contributed by atoms with Crippen molar-refractivity contribution in [2.75, 3.05) is 0 Å². The second-order valence-corrected chi connectivity index (χ2v) is 10.9. The molecule has 0 saturated carbocycles. The largest absolute Gasteiger partial charge is 0.489 e. The summed E-state index contributed by atoms with van der Waals surface area (Å²) in [6.45, 7) is 15.0. The Morgan fingerprint density at radius 1 is 0.842 bits per heavy atom. The van der Waals surface area contributed by atoms with Crippen LogP contribution in [-0.2, 0) is 17.8 Å². The first-order valence-electron chi connectivity index (χ1n) is 13.4. The Labute approximate surface area is 227 Å². The smallest absolute Gasteiger partial charge is 0.303 e. The molecule has 0 radical (unpaired) electrons. The van der Waals surface area contributed by atoms with Crippen LogP contribution in [0, 0.1) is 40.5 Å². The molecule has 0 aliphatic carbocycles. The van der Waals surface area contributed by atoms with Crippen molar-refractivity contribution in [2.24, 2.45) is 5.92 Å². The van der Waals surface area contributed by atoms with Gasteiger partial charge in [0.25, 0.3) is 5.91 Å². The topological polar surface area (TPSA) is 75.6 Å². The lowest BCUT2D eigenvalue weighted by atomic mass is 9.93. The summed E-state index contributed by atoms with van der Waals surface area (Å²) in [5, 5.41) is 12.5. The Balaban J connectivity index is 1.90. The minimum atomic E-state index is -0.894. The van der Waals surface area contributed by atoms with Gasteiger partial charge in [-0.05, 0) is 98.9 Å². The van der Waals surface area contributed by atoms with E-state index in [1.807, 2.05) is 12.1 Å². The van der Waals surface area contributed by atoms with Crippen LogP contribution in [0.1, 0.15) is 87.6 Å². The van der Waals surface area contributed by atoms with Gasteiger partial charge in [0.15, 0.2) is 0 Å². The zero-order valence-corrected chi connectivity index (χ0v) is 23.8. The molecular weight excluding hydrogens is 474 g/mol. The third-order valence-corrected chi connectivity index (χ3v) is 6.94. The summed E-state index contributed by atoms with van der Waals surface area (Å²) in [5.74, 6) is -0.153. The molecule has 2 N–H and O–H groups in total. The van der Waals surface area contributed by atoms with Crippen LogP contribution in [0.15, 0.2) is 48.5 Å². The van der Waals surface area contributed by atoms with Crippen molar-refractivity contribution in [3.8, 4) is 5.75 Å². The number of amides is 1. The summed E-state index contributed by atoms with van der Waals surface area (Å²) >= 11 is 0. The summed E-state index contributed by atoms with van der Waals surface area (Å²) in [6.07, 6.45) is 1.02. The maximum Gasteiger partial charge on any atom is 0.303 e. The van der Waals surface area contributed by atoms with Gasteiger partial charge in [0.2, 0.25) is 0 Å². The van der Waals surface area contributed by atoms with Gasteiger partial charge in [-0.1, -0.05) is 61.4 Å². The summed E-state index contributed by atoms with van der Waals surface area (Å²) in [5.41, 5.74) is 9.25. The number of hydrogen-bond donors (Lipinski definition) is 2. The van der Waals surface area contributed by atoms with Crippen LogP contribution in [-0.4, -0.2) is 17.0 Å². The van der Waals surface area contributed by atoms with Gasteiger partial charge < -0.3 is 15.2 Å². The zero-order chi connectivity index (χ0) is 28.0. The van der Waals surface area contributed by atoms with E-state index in [4.69, 9.17) is 4.74 Å². The standard InChI is InChI=1S/C33H41NO4/c1-20(2)12-31(27-14-21(3)13-22(4)15-27)34-33(37)30-18-29(10-8-26(30)9-11-32(35)36)38-19-28-17-24(6)23(5)16-25(28)7/h8,10,13-18,20,31H,9,11-12,19H2,1-7H3,(H,34,37)(H,35,36). The normalized spacial score (nSPS) is 11.9. The lowest BCUT2D eigenvalue weighted by Gasteiger charge is -2.23. The van der Waals surface area contributed by atoms with Crippen LogP contribution in [0.3, 0.4) is 0 Å². The van der Waals surface area contributed by atoms with E-state index >= 15 is 0 Å². The van der Waals surface area contributed by atoms with Gasteiger partial charge in [0, 0.05) is 12.0 Å². The molecule has 0 aliphatic heterocycles. The fourth-order valence-electron chi connectivity index (χ4n) is 4.85. The number of carbonyl (C=O) groups is 2. The van der Waals surface area contributed by atoms with Crippen molar-refractivity contribution < 1.29 is 19.4 Å². The van der Waals surface area contributed by atoms with Crippen molar-refractivity contribution in [3.63, 3.8) is 0 Å². The molecule has 1 amide bonds. The van der Waals surface area contributed by atoms with Gasteiger partial charge in [-0.3, -0.25) is 9.59 Å². The maximum absolute atomic E-state index is 13.7. The second kappa shape index (κ2) is 12.8. The first-order chi connectivity index (χ1) is 17.9. The number of aliphatic carboxylic acids is 1. The average molecular weight is 516 g/mol. The molecule has 0 fully saturated rings. The highest BCUT2D eigenvalue weighted by Gasteiger charge is 2.21. The number of aryl methyl sites for hydroxylation is 6. The number of carbonyl (C=O) groups excluding carboxylic acids is 1. The molecule has 0 bridgehead atoms. The van der Waals surface area contributed by atoms with Gasteiger partial charge in [0.05, 0.1) is 6.04 Å². The molecule has 0 spiro atoms. The Kier molecular flexibility index (Phi) is 9.73. The first kappa shape index (κ1) is 29.0. The van der Waals surface area contributed by atoms with Crippen LogP contribution in [0.5, 0.6) is 5.75 Å². The fourth-order valence-corrected chi connectivity index (χ4v) is 4.85. The Morgan fingerprint density at radius 2 is 1.50 bits per heavy atom. The monoisotopic (exact) mass is 515 g/mol. The van der Waals surface area contributed by atoms with E-state index in [0.29, 0.717) is 29.4 Å². The van der Waals surface area contributed by atoms with E-state index in [9.17, 15) is 14.7 Å². The number of hydrogen-bond acceptors (Lipinski definition) is 3. The molecule has 1 atom stereocenters. The Bertz CT molecular complexity index is 1290. The third kappa shape index (κ3) is 7.95. The molecule has 1 unspecified atom stereocenters. The molecule has 0 heterocycles. The molecule has 5 heteroatoms. The molecular formula is C33H41NO4. The van der Waals surface area contributed by atoms with Gasteiger partial charge in [0.1, 0.15) is 12.4 Å². The summed E-state index contributed by atoms with van der Waals surface area (Å²) < 4.78 is 6.13. The van der Waals surface area contributed by atoms with Crippen LogP contribution in [0.25, 0.3) is 0 Å². The quantitative estimate of drug-likeness (QED) is 0.280. The molecule has 5 nitrogen and oxygen atoms in total. The van der Waals surface area contributed by atoms with E-state index in [0.717, 1.165) is 34.2 Å². The molecule has 0 aliphatic rings. The molecule has 3 aromatic carbocycles. The number of carboxylic acids is 1. The van der Waals surface area contributed by atoms with Crippen LogP contribution in [0.2, 0.25) is 0 Å². The number of rotatable bonds is 11. The van der Waals surface area contributed by atoms with E-state index in [1.165, 1.54) is 11.1 Å². The van der Waals surface area contributed by atoms with E-state index < -0.39 is 5.97 Å². The molecule has 3 rings (SSSR count). The SMILES string of the molecule is Cc1cc(C)cc(C(CC(C)C)NC(=O)c2cc(OCc3cc(C)c(C)cc3C)ccc2CCC(=O)O)c1. The number of benzene rings is 3. The lowest BCUT2D eigenvalue weighted by molar-refractivity contribution is -0.136. The van der Waals surface area contributed by atoms with Gasteiger partial charge in [-0.15, -0.1) is 0 Å². The Hall–Kier alpha value is -3.60. The number of nitrogens with one attached hydrogen (secondary N) is 1. The van der Waals surface area contributed by atoms with Crippen LogP contribution in [0.4, 0.5) is 0 Å². The lowest BCUT2D eigenvalue weighted by Crippen LogP contribution is -2.30. The molecule has 38 heavy (non-hydrogen) atoms. The van der Waals surface area contributed by atoms with Crippen molar-refractivity contribution >= 4 is 11.9 Å². The fraction of sp³-hybridized carbons (Fsp3) is 0.394. The summed E-state index contributed by atoms with van der Waals surface area (Å²) in [6, 6.07) is 15.9. The van der Waals surface area contributed by atoms with Gasteiger partial charge >= 0.3 is 5.97 Å². The van der Waals surface area contributed by atoms with Crippen molar-refractivity contribution in [2.45, 2.75) is 80.4 Å². The second-order valence-electron chi connectivity index (χ2n) is 10.9. The number of carboxylic acid groups (broad SMARTS) is 1. The molecule has 0 aromatic heterocycles. The van der Waals surface area contributed by atoms with E-state index in [1.54, 1.807) is 6.07 Å². The predicted octanol–water partition coefficient (Wildman–Crippen LogP) is 7.34. The highest BCUT2D eigenvalue weighted by Crippen LogP contribution is 2.27. The van der Waals surface area contributed by atoms with Gasteiger partial charge in [-0.25, -0.2) is 0 Å². The van der Waals surface area contributed by atoms with Crippen molar-refractivity contribution in [1.29, 1.82) is 0 Å². The summed E-state index contributed by atoms with van der Waals surface area (Å²) in [7, 11) is 0. The number of ether oxygens (including phenoxy) is 1. The van der Waals surface area contributed by atoms with Crippen molar-refractivity contribution in [3.05, 3.63) is 98.6 Å². The first-order valence-corrected chi connectivity index (χ1v) is 13.4. The van der Waals surface area contributed by atoms with Gasteiger partial charge in [-0.2, -0.15) is 0 Å². The van der Waals surface area contributed by atoms with Crippen molar-refractivity contribution in [1.82, 2.24) is 5.32 Å². The highest BCUT2D eigenvalue weighted by atomic mass is 16.5. The maximum atomic E-state index is 13.7. The third-order valence-electron chi connectivity index (χ3n) is 6.94. The summed E-state index contributed by atoms with van der Waals surface area (Å²) in [4.78, 5) is 25.0. The van der Waals surface area contributed by atoms with E-state index in [2.05, 4.69) is 84.1 Å².